The van der Waals surface area contributed by atoms with Gasteiger partial charge in [0.1, 0.15) is 5.75 Å². The number of hydrogen-bond donors (Lipinski definition) is 1. The summed E-state index contributed by atoms with van der Waals surface area (Å²) in [5, 5.41) is 0. The summed E-state index contributed by atoms with van der Waals surface area (Å²) >= 11 is 0. The molecule has 0 unspecified atom stereocenters. The van der Waals surface area contributed by atoms with E-state index in [0.29, 0.717) is 5.75 Å². The first-order valence-electron chi connectivity index (χ1n) is 6.13. The highest BCUT2D eigenvalue weighted by atomic mass is 32.2. The van der Waals surface area contributed by atoms with Crippen LogP contribution < -0.4 is 9.46 Å². The maximum absolute atomic E-state index is 12.0. The van der Waals surface area contributed by atoms with E-state index in [0.717, 1.165) is 11.1 Å². The summed E-state index contributed by atoms with van der Waals surface area (Å²) in [6.07, 6.45) is 0.0581. The van der Waals surface area contributed by atoms with Crippen molar-refractivity contribution in [2.24, 2.45) is 0 Å². The molecule has 0 aliphatic carbocycles. The second-order valence-electron chi connectivity index (χ2n) is 4.88. The third kappa shape index (κ3) is 4.69. The number of benzene rings is 1. The molecule has 0 atom stereocenters. The van der Waals surface area contributed by atoms with Crippen LogP contribution in [0.3, 0.4) is 0 Å². The zero-order valence-corrected chi connectivity index (χ0v) is 12.7. The zero-order chi connectivity index (χ0) is 14.6. The Hall–Kier alpha value is -1.33. The Bertz CT molecular complexity index is 562. The minimum absolute atomic E-state index is 0.0581. The van der Waals surface area contributed by atoms with E-state index in [-0.39, 0.29) is 17.5 Å². The van der Waals surface area contributed by atoms with Crippen LogP contribution in [0, 0.1) is 6.92 Å². The predicted octanol–water partition coefficient (Wildman–Crippen LogP) is 2.64. The molecule has 1 aromatic rings. The van der Waals surface area contributed by atoms with Crippen LogP contribution in [0.15, 0.2) is 35.2 Å². The Morgan fingerprint density at radius 1 is 1.42 bits per heavy atom. The topological polar surface area (TPSA) is 55.4 Å². The van der Waals surface area contributed by atoms with Crippen molar-refractivity contribution in [1.82, 2.24) is 4.72 Å². The third-order valence-electron chi connectivity index (χ3n) is 2.38. The minimum Gasteiger partial charge on any atom is -0.491 e. The smallest absolute Gasteiger partial charge is 0.240 e. The first kappa shape index (κ1) is 15.7. The molecule has 0 heterocycles. The van der Waals surface area contributed by atoms with Crippen molar-refractivity contribution in [3.63, 3.8) is 0 Å². The molecule has 0 radical (unpaired) electrons. The highest BCUT2D eigenvalue weighted by molar-refractivity contribution is 7.89. The molecule has 1 aromatic carbocycles. The van der Waals surface area contributed by atoms with Crippen molar-refractivity contribution in [2.45, 2.75) is 38.7 Å². The average molecular weight is 283 g/mol. The highest BCUT2D eigenvalue weighted by Gasteiger charge is 2.15. The van der Waals surface area contributed by atoms with Gasteiger partial charge in [0.25, 0.3) is 0 Å². The lowest BCUT2D eigenvalue weighted by atomic mass is 10.2. The van der Waals surface area contributed by atoms with Crippen LogP contribution in [-0.2, 0) is 10.0 Å². The van der Waals surface area contributed by atoms with Crippen LogP contribution in [0.4, 0.5) is 0 Å². The zero-order valence-electron chi connectivity index (χ0n) is 11.9. The molecule has 5 heteroatoms. The van der Waals surface area contributed by atoms with Crippen LogP contribution in [0.5, 0.6) is 5.75 Å². The largest absolute Gasteiger partial charge is 0.491 e. The molecule has 4 nitrogen and oxygen atoms in total. The fourth-order valence-electron chi connectivity index (χ4n) is 1.48. The molecule has 19 heavy (non-hydrogen) atoms. The standard InChI is InChI=1S/C14H21NO3S/c1-10(2)9-15-19(16,17)13-6-7-14(12(5)8-13)18-11(3)4/h6-8,11,15H,1,9H2,2-5H3. The third-order valence-corrected chi connectivity index (χ3v) is 3.78. The monoisotopic (exact) mass is 283 g/mol. The van der Waals surface area contributed by atoms with E-state index in [1.54, 1.807) is 25.1 Å². The lowest BCUT2D eigenvalue weighted by Gasteiger charge is -2.13. The number of ether oxygens (including phenoxy) is 1. The molecular weight excluding hydrogens is 262 g/mol. The van der Waals surface area contributed by atoms with Crippen molar-refractivity contribution in [3.05, 3.63) is 35.9 Å². The first-order valence-corrected chi connectivity index (χ1v) is 7.62. The van der Waals surface area contributed by atoms with Gasteiger partial charge in [-0.1, -0.05) is 12.2 Å². The number of rotatable bonds is 6. The van der Waals surface area contributed by atoms with Gasteiger partial charge >= 0.3 is 0 Å². The summed E-state index contributed by atoms with van der Waals surface area (Å²) in [6, 6.07) is 4.84. The summed E-state index contributed by atoms with van der Waals surface area (Å²) in [7, 11) is -3.49. The van der Waals surface area contributed by atoms with E-state index in [1.807, 2.05) is 20.8 Å². The van der Waals surface area contributed by atoms with Crippen molar-refractivity contribution >= 4 is 10.0 Å². The molecule has 0 saturated carbocycles. The van der Waals surface area contributed by atoms with Crippen LogP contribution >= 0.6 is 0 Å². The van der Waals surface area contributed by atoms with Crippen LogP contribution in [0.2, 0.25) is 0 Å². The quantitative estimate of drug-likeness (QED) is 0.817. The van der Waals surface area contributed by atoms with E-state index in [2.05, 4.69) is 11.3 Å². The highest BCUT2D eigenvalue weighted by Crippen LogP contribution is 2.22. The molecule has 0 bridgehead atoms. The summed E-state index contributed by atoms with van der Waals surface area (Å²) in [5.74, 6) is 0.703. The fraction of sp³-hybridized carbons (Fsp3) is 0.429. The van der Waals surface area contributed by atoms with E-state index in [9.17, 15) is 8.42 Å². The molecule has 0 fully saturated rings. The molecule has 0 saturated heterocycles. The Balaban J connectivity index is 2.97. The maximum atomic E-state index is 12.0. The number of sulfonamides is 1. The molecule has 0 spiro atoms. The van der Waals surface area contributed by atoms with Crippen molar-refractivity contribution in [1.29, 1.82) is 0 Å². The normalized spacial score (nSPS) is 11.6. The molecule has 106 valence electrons. The number of nitrogens with one attached hydrogen (secondary N) is 1. The molecular formula is C14H21NO3S. The summed E-state index contributed by atoms with van der Waals surface area (Å²) in [4.78, 5) is 0.238. The SMILES string of the molecule is C=C(C)CNS(=O)(=O)c1ccc(OC(C)C)c(C)c1. The van der Waals surface area contributed by atoms with Crippen LogP contribution in [0.25, 0.3) is 0 Å². The lowest BCUT2D eigenvalue weighted by Crippen LogP contribution is -2.25. The van der Waals surface area contributed by atoms with Crippen LogP contribution in [-0.4, -0.2) is 21.1 Å². The Labute approximate surface area is 115 Å². The van der Waals surface area contributed by atoms with E-state index >= 15 is 0 Å². The minimum atomic E-state index is -3.49. The van der Waals surface area contributed by atoms with Crippen LogP contribution in [0.1, 0.15) is 26.3 Å². The predicted molar refractivity (Wildman–Crippen MR) is 76.9 cm³/mol. The fourth-order valence-corrected chi connectivity index (χ4v) is 2.66. The molecule has 0 amide bonds. The van der Waals surface area contributed by atoms with Gasteiger partial charge in [-0.3, -0.25) is 0 Å². The Kier molecular flexibility index (Phi) is 5.14. The van der Waals surface area contributed by atoms with Crippen molar-refractivity contribution < 1.29 is 13.2 Å². The lowest BCUT2D eigenvalue weighted by molar-refractivity contribution is 0.240. The van der Waals surface area contributed by atoms with Gasteiger partial charge in [0.15, 0.2) is 0 Å². The Morgan fingerprint density at radius 2 is 2.05 bits per heavy atom. The Morgan fingerprint density at radius 3 is 2.53 bits per heavy atom. The molecule has 1 rings (SSSR count). The van der Waals surface area contributed by atoms with Gasteiger partial charge in [0.2, 0.25) is 10.0 Å². The second kappa shape index (κ2) is 6.21. The molecule has 0 aliphatic rings. The maximum Gasteiger partial charge on any atom is 0.240 e. The van der Waals surface area contributed by atoms with Gasteiger partial charge in [-0.05, 0) is 51.5 Å². The van der Waals surface area contributed by atoms with Gasteiger partial charge in [-0.2, -0.15) is 0 Å². The summed E-state index contributed by atoms with van der Waals surface area (Å²) in [5.41, 5.74) is 1.56. The first-order chi connectivity index (χ1) is 8.72. The number of hydrogen-bond acceptors (Lipinski definition) is 3. The van der Waals surface area contributed by atoms with Crippen molar-refractivity contribution in [2.75, 3.05) is 6.54 Å². The molecule has 0 aliphatic heterocycles. The van der Waals surface area contributed by atoms with Crippen molar-refractivity contribution in [3.8, 4) is 5.75 Å². The van der Waals surface area contributed by atoms with E-state index < -0.39 is 10.0 Å². The molecule has 1 N–H and O–H groups in total. The molecule has 0 aromatic heterocycles. The second-order valence-corrected chi connectivity index (χ2v) is 6.64. The van der Waals surface area contributed by atoms with Gasteiger partial charge in [-0.25, -0.2) is 13.1 Å². The summed E-state index contributed by atoms with van der Waals surface area (Å²) in [6.45, 7) is 11.4. The van der Waals surface area contributed by atoms with Gasteiger partial charge in [-0.15, -0.1) is 0 Å². The number of aryl methyl sites for hydroxylation is 1. The van der Waals surface area contributed by atoms with Gasteiger partial charge in [0.05, 0.1) is 11.0 Å². The van der Waals surface area contributed by atoms with Gasteiger partial charge in [0, 0.05) is 6.54 Å². The van der Waals surface area contributed by atoms with E-state index in [4.69, 9.17) is 4.74 Å². The van der Waals surface area contributed by atoms with Gasteiger partial charge < -0.3 is 4.74 Å². The average Bonchev–Trinajstić information content (AvgIpc) is 2.28. The van der Waals surface area contributed by atoms with E-state index in [1.165, 1.54) is 0 Å². The summed E-state index contributed by atoms with van der Waals surface area (Å²) < 4.78 is 32.1.